The van der Waals surface area contributed by atoms with Crippen molar-refractivity contribution in [1.82, 2.24) is 14.8 Å². The zero-order valence-electron chi connectivity index (χ0n) is 13.3. The fourth-order valence-electron chi connectivity index (χ4n) is 2.64. The molecule has 0 N–H and O–H groups in total. The molecule has 1 amide bonds. The van der Waals surface area contributed by atoms with Gasteiger partial charge < -0.3 is 9.80 Å². The Labute approximate surface area is 131 Å². The predicted molar refractivity (Wildman–Crippen MR) is 85.5 cm³/mol. The quantitative estimate of drug-likeness (QED) is 0.810. The first-order valence-electron chi connectivity index (χ1n) is 7.79. The monoisotopic (exact) mass is 301 g/mol. The van der Waals surface area contributed by atoms with Crippen molar-refractivity contribution in [1.29, 1.82) is 5.26 Å². The van der Waals surface area contributed by atoms with Gasteiger partial charge in [0.15, 0.2) is 0 Å². The molecule has 0 radical (unpaired) electrons. The summed E-state index contributed by atoms with van der Waals surface area (Å²) in [4.78, 5) is 22.7. The molecule has 1 saturated heterocycles. The lowest BCUT2D eigenvalue weighted by atomic mass is 10.2. The molecule has 0 atom stereocenters. The third-order valence-corrected chi connectivity index (χ3v) is 4.05. The highest BCUT2D eigenvalue weighted by Crippen LogP contribution is 2.13. The van der Waals surface area contributed by atoms with Crippen LogP contribution in [0.5, 0.6) is 0 Å². The maximum Gasteiger partial charge on any atom is 0.236 e. The van der Waals surface area contributed by atoms with Gasteiger partial charge in [0, 0.05) is 45.5 Å². The van der Waals surface area contributed by atoms with Gasteiger partial charge in [0.2, 0.25) is 5.91 Å². The second-order valence-corrected chi connectivity index (χ2v) is 5.35. The summed E-state index contributed by atoms with van der Waals surface area (Å²) in [7, 11) is 0. The van der Waals surface area contributed by atoms with Crippen LogP contribution in [-0.2, 0) is 4.79 Å². The molecule has 1 aliphatic rings. The van der Waals surface area contributed by atoms with E-state index in [2.05, 4.69) is 20.9 Å². The number of piperazine rings is 1. The number of aromatic nitrogens is 1. The molecule has 22 heavy (non-hydrogen) atoms. The lowest BCUT2D eigenvalue weighted by Crippen LogP contribution is -2.50. The molecular weight excluding hydrogens is 278 g/mol. The van der Waals surface area contributed by atoms with E-state index in [1.165, 1.54) is 0 Å². The average Bonchev–Trinajstić information content (AvgIpc) is 2.57. The molecule has 1 aromatic rings. The van der Waals surface area contributed by atoms with Crippen LogP contribution >= 0.6 is 0 Å². The van der Waals surface area contributed by atoms with E-state index in [9.17, 15) is 4.79 Å². The van der Waals surface area contributed by atoms with Crippen LogP contribution in [0.3, 0.4) is 0 Å². The van der Waals surface area contributed by atoms with E-state index in [0.29, 0.717) is 12.1 Å². The predicted octanol–water partition coefficient (Wildman–Crippen LogP) is 0.944. The maximum absolute atomic E-state index is 12.1. The summed E-state index contributed by atoms with van der Waals surface area (Å²) in [6.45, 7) is 9.47. The van der Waals surface area contributed by atoms with Gasteiger partial charge in [-0.05, 0) is 26.0 Å². The molecule has 2 rings (SSSR count). The lowest BCUT2D eigenvalue weighted by Gasteiger charge is -2.35. The zero-order valence-corrected chi connectivity index (χ0v) is 13.3. The van der Waals surface area contributed by atoms with Gasteiger partial charge in [-0.15, -0.1) is 0 Å². The first-order valence-corrected chi connectivity index (χ1v) is 7.79. The van der Waals surface area contributed by atoms with Gasteiger partial charge in [0.1, 0.15) is 11.9 Å². The summed E-state index contributed by atoms with van der Waals surface area (Å²) in [5.41, 5.74) is 0.576. The summed E-state index contributed by atoms with van der Waals surface area (Å²) in [5, 5.41) is 8.80. The Morgan fingerprint density at radius 1 is 1.27 bits per heavy atom. The molecule has 0 bridgehead atoms. The number of nitriles is 1. The van der Waals surface area contributed by atoms with E-state index in [1.807, 2.05) is 24.8 Å². The Morgan fingerprint density at radius 2 is 1.95 bits per heavy atom. The van der Waals surface area contributed by atoms with E-state index in [-0.39, 0.29) is 5.91 Å². The van der Waals surface area contributed by atoms with E-state index in [1.54, 1.807) is 12.3 Å². The summed E-state index contributed by atoms with van der Waals surface area (Å²) in [5.74, 6) is 1.10. The van der Waals surface area contributed by atoms with Crippen molar-refractivity contribution in [3.8, 4) is 6.07 Å². The van der Waals surface area contributed by atoms with E-state index in [4.69, 9.17) is 5.26 Å². The molecule has 1 fully saturated rings. The number of carbonyl (C=O) groups excluding carboxylic acids is 1. The van der Waals surface area contributed by atoms with Gasteiger partial charge in [-0.1, -0.05) is 0 Å². The Morgan fingerprint density at radius 3 is 2.45 bits per heavy atom. The van der Waals surface area contributed by atoms with Gasteiger partial charge >= 0.3 is 0 Å². The van der Waals surface area contributed by atoms with Crippen LogP contribution in [0, 0.1) is 11.3 Å². The highest BCUT2D eigenvalue weighted by atomic mass is 16.2. The topological polar surface area (TPSA) is 63.5 Å². The van der Waals surface area contributed by atoms with Crippen molar-refractivity contribution < 1.29 is 4.79 Å². The average molecular weight is 301 g/mol. The number of pyridine rings is 1. The first kappa shape index (κ1) is 16.2. The number of nitrogens with zero attached hydrogens (tertiary/aromatic N) is 5. The minimum Gasteiger partial charge on any atom is -0.354 e. The van der Waals surface area contributed by atoms with E-state index >= 15 is 0 Å². The summed E-state index contributed by atoms with van der Waals surface area (Å²) in [6.07, 6.45) is 1.60. The van der Waals surface area contributed by atoms with Crippen molar-refractivity contribution in [2.45, 2.75) is 13.8 Å². The van der Waals surface area contributed by atoms with Crippen molar-refractivity contribution in [2.75, 3.05) is 50.7 Å². The molecule has 6 heteroatoms. The molecule has 0 saturated carbocycles. The third kappa shape index (κ3) is 3.95. The molecule has 2 heterocycles. The number of carbonyl (C=O) groups is 1. The van der Waals surface area contributed by atoms with Gasteiger partial charge in [0.05, 0.1) is 12.1 Å². The SMILES string of the molecule is CCN(CC)C(=O)CN1CCN(c2ccc(C#N)cn2)CC1. The highest BCUT2D eigenvalue weighted by Gasteiger charge is 2.21. The van der Waals surface area contributed by atoms with Crippen molar-refractivity contribution in [3.05, 3.63) is 23.9 Å². The van der Waals surface area contributed by atoms with Crippen molar-refractivity contribution >= 4 is 11.7 Å². The van der Waals surface area contributed by atoms with Crippen molar-refractivity contribution in [3.63, 3.8) is 0 Å². The number of hydrogen-bond acceptors (Lipinski definition) is 5. The van der Waals surface area contributed by atoms with Crippen LogP contribution in [0.25, 0.3) is 0 Å². The number of anilines is 1. The van der Waals surface area contributed by atoms with Gasteiger partial charge in [-0.2, -0.15) is 5.26 Å². The molecular formula is C16H23N5O. The molecule has 118 valence electrons. The summed E-state index contributed by atoms with van der Waals surface area (Å²) >= 11 is 0. The number of amides is 1. The van der Waals surface area contributed by atoms with Crippen LogP contribution in [0.15, 0.2) is 18.3 Å². The van der Waals surface area contributed by atoms with E-state index in [0.717, 1.165) is 45.1 Å². The molecule has 6 nitrogen and oxygen atoms in total. The first-order chi connectivity index (χ1) is 10.7. The maximum atomic E-state index is 12.1. The zero-order chi connectivity index (χ0) is 15.9. The highest BCUT2D eigenvalue weighted by molar-refractivity contribution is 5.78. The van der Waals surface area contributed by atoms with Gasteiger partial charge in [0.25, 0.3) is 0 Å². The smallest absolute Gasteiger partial charge is 0.236 e. The molecule has 0 unspecified atom stereocenters. The van der Waals surface area contributed by atoms with E-state index < -0.39 is 0 Å². The van der Waals surface area contributed by atoms with Crippen LogP contribution in [0.4, 0.5) is 5.82 Å². The molecule has 1 aliphatic heterocycles. The molecule has 0 spiro atoms. The normalized spacial score (nSPS) is 15.4. The number of hydrogen-bond donors (Lipinski definition) is 0. The Bertz CT molecular complexity index is 524. The Kier molecular flexibility index (Phi) is 5.73. The third-order valence-electron chi connectivity index (χ3n) is 4.05. The minimum atomic E-state index is 0.204. The Balaban J connectivity index is 1.85. The molecule has 0 aromatic carbocycles. The van der Waals surface area contributed by atoms with Crippen LogP contribution < -0.4 is 4.90 Å². The number of rotatable bonds is 5. The summed E-state index contributed by atoms with van der Waals surface area (Å²) < 4.78 is 0. The minimum absolute atomic E-state index is 0.204. The fourth-order valence-corrected chi connectivity index (χ4v) is 2.64. The Hall–Kier alpha value is -2.13. The largest absolute Gasteiger partial charge is 0.354 e. The van der Waals surface area contributed by atoms with Crippen LogP contribution in [0.2, 0.25) is 0 Å². The van der Waals surface area contributed by atoms with Crippen molar-refractivity contribution in [2.24, 2.45) is 0 Å². The standard InChI is InChI=1S/C16H23N5O/c1-3-20(4-2)16(22)13-19-7-9-21(10-8-19)15-6-5-14(11-17)12-18-15/h5-6,12H,3-4,7-10,13H2,1-2H3. The lowest BCUT2D eigenvalue weighted by molar-refractivity contribution is -0.132. The number of likely N-dealkylation sites (N-methyl/N-ethyl adjacent to an activating group) is 1. The van der Waals surface area contributed by atoms with Gasteiger partial charge in [-0.3, -0.25) is 9.69 Å². The van der Waals surface area contributed by atoms with Crippen LogP contribution in [-0.4, -0.2) is 66.5 Å². The second-order valence-electron chi connectivity index (χ2n) is 5.35. The molecule has 0 aliphatic carbocycles. The fraction of sp³-hybridized carbons (Fsp3) is 0.562. The van der Waals surface area contributed by atoms with Crippen LogP contribution in [0.1, 0.15) is 19.4 Å². The van der Waals surface area contributed by atoms with Gasteiger partial charge in [-0.25, -0.2) is 4.98 Å². The second kappa shape index (κ2) is 7.76. The molecule has 1 aromatic heterocycles. The summed E-state index contributed by atoms with van der Waals surface area (Å²) in [6, 6.07) is 5.75.